The lowest BCUT2D eigenvalue weighted by atomic mass is 10.00. The standard InChI is InChI=1S/C19H28O4/c1-19(2,3)23-18-12-11-16(17(22-18)10-7-13-20)21-14-15-8-5-4-6-9-15/h4-6,8-9,13,16-18H,7,10-12,14H2,1-3H3/t16-,17-,18-/m1/s1. The Bertz CT molecular complexity index is 466. The summed E-state index contributed by atoms with van der Waals surface area (Å²) in [5.41, 5.74) is 0.909. The van der Waals surface area contributed by atoms with Crippen molar-refractivity contribution in [1.82, 2.24) is 0 Å². The van der Waals surface area contributed by atoms with Crippen LogP contribution in [0.1, 0.15) is 52.0 Å². The van der Waals surface area contributed by atoms with Crippen LogP contribution in [0, 0.1) is 0 Å². The molecule has 2 rings (SSSR count). The van der Waals surface area contributed by atoms with Crippen LogP contribution in [0.15, 0.2) is 30.3 Å². The molecule has 1 saturated heterocycles. The van der Waals surface area contributed by atoms with Crippen molar-refractivity contribution in [2.45, 2.75) is 77.2 Å². The average Bonchev–Trinajstić information content (AvgIpc) is 2.51. The van der Waals surface area contributed by atoms with E-state index >= 15 is 0 Å². The number of benzene rings is 1. The van der Waals surface area contributed by atoms with Crippen LogP contribution in [-0.4, -0.2) is 30.4 Å². The maximum Gasteiger partial charge on any atom is 0.158 e. The first-order chi connectivity index (χ1) is 11.0. The molecule has 128 valence electrons. The van der Waals surface area contributed by atoms with Gasteiger partial charge in [-0.1, -0.05) is 30.3 Å². The zero-order valence-electron chi connectivity index (χ0n) is 14.4. The lowest BCUT2D eigenvalue weighted by Gasteiger charge is -2.38. The van der Waals surface area contributed by atoms with E-state index in [0.717, 1.165) is 24.7 Å². The molecule has 0 unspecified atom stereocenters. The minimum atomic E-state index is -0.238. The van der Waals surface area contributed by atoms with Gasteiger partial charge in [-0.05, 0) is 39.2 Å². The molecule has 0 bridgehead atoms. The van der Waals surface area contributed by atoms with Gasteiger partial charge in [-0.3, -0.25) is 0 Å². The fourth-order valence-corrected chi connectivity index (χ4v) is 2.77. The summed E-state index contributed by atoms with van der Waals surface area (Å²) in [7, 11) is 0. The summed E-state index contributed by atoms with van der Waals surface area (Å²) in [4.78, 5) is 10.7. The second-order valence-corrected chi connectivity index (χ2v) is 6.99. The third kappa shape index (κ3) is 6.42. The summed E-state index contributed by atoms with van der Waals surface area (Å²) in [6.07, 6.45) is 3.49. The van der Waals surface area contributed by atoms with E-state index in [1.54, 1.807) is 0 Å². The van der Waals surface area contributed by atoms with Crippen LogP contribution in [0.5, 0.6) is 0 Å². The molecule has 23 heavy (non-hydrogen) atoms. The van der Waals surface area contributed by atoms with Gasteiger partial charge in [0.25, 0.3) is 0 Å². The van der Waals surface area contributed by atoms with E-state index in [4.69, 9.17) is 14.2 Å². The Morgan fingerprint density at radius 1 is 1.22 bits per heavy atom. The molecule has 0 amide bonds. The second kappa shape index (κ2) is 8.57. The highest BCUT2D eigenvalue weighted by Gasteiger charge is 2.33. The predicted molar refractivity (Wildman–Crippen MR) is 89.1 cm³/mol. The molecular formula is C19H28O4. The first-order valence-electron chi connectivity index (χ1n) is 8.40. The summed E-state index contributed by atoms with van der Waals surface area (Å²) >= 11 is 0. The molecule has 0 aromatic heterocycles. The first-order valence-corrected chi connectivity index (χ1v) is 8.40. The molecule has 1 heterocycles. The summed E-state index contributed by atoms with van der Waals surface area (Å²) < 4.78 is 18.1. The Kier molecular flexibility index (Phi) is 6.75. The van der Waals surface area contributed by atoms with Gasteiger partial charge in [0.15, 0.2) is 6.29 Å². The molecule has 1 fully saturated rings. The summed E-state index contributed by atoms with van der Waals surface area (Å²) in [5.74, 6) is 0. The van der Waals surface area contributed by atoms with Gasteiger partial charge < -0.3 is 19.0 Å². The summed E-state index contributed by atoms with van der Waals surface area (Å²) in [5, 5.41) is 0. The van der Waals surface area contributed by atoms with Crippen molar-refractivity contribution >= 4 is 6.29 Å². The van der Waals surface area contributed by atoms with Gasteiger partial charge in [-0.25, -0.2) is 0 Å². The lowest BCUT2D eigenvalue weighted by Crippen LogP contribution is -2.43. The number of rotatable bonds is 7. The highest BCUT2D eigenvalue weighted by Crippen LogP contribution is 2.28. The maximum atomic E-state index is 10.7. The third-order valence-electron chi connectivity index (χ3n) is 3.79. The molecule has 3 atom stereocenters. The van der Waals surface area contributed by atoms with Gasteiger partial charge in [0.1, 0.15) is 6.29 Å². The van der Waals surface area contributed by atoms with Crippen molar-refractivity contribution in [1.29, 1.82) is 0 Å². The Morgan fingerprint density at radius 3 is 2.61 bits per heavy atom. The van der Waals surface area contributed by atoms with Crippen molar-refractivity contribution in [3.05, 3.63) is 35.9 Å². The maximum absolute atomic E-state index is 10.7. The fraction of sp³-hybridized carbons (Fsp3) is 0.632. The van der Waals surface area contributed by atoms with E-state index in [-0.39, 0.29) is 24.1 Å². The van der Waals surface area contributed by atoms with Gasteiger partial charge in [0.2, 0.25) is 0 Å². The van der Waals surface area contributed by atoms with Crippen molar-refractivity contribution in [3.63, 3.8) is 0 Å². The number of carbonyl (C=O) groups excluding carboxylic acids is 1. The van der Waals surface area contributed by atoms with Gasteiger partial charge in [0.05, 0.1) is 24.4 Å². The van der Waals surface area contributed by atoms with Gasteiger partial charge >= 0.3 is 0 Å². The highest BCUT2D eigenvalue weighted by molar-refractivity contribution is 5.49. The molecule has 0 radical (unpaired) electrons. The molecule has 0 N–H and O–H groups in total. The number of hydrogen-bond donors (Lipinski definition) is 0. The van der Waals surface area contributed by atoms with Crippen LogP contribution in [0.3, 0.4) is 0 Å². The predicted octanol–water partition coefficient (Wildman–Crippen LogP) is 3.87. The van der Waals surface area contributed by atoms with Crippen LogP contribution in [0.25, 0.3) is 0 Å². The lowest BCUT2D eigenvalue weighted by molar-refractivity contribution is -0.261. The summed E-state index contributed by atoms with van der Waals surface area (Å²) in [6.45, 7) is 6.63. The monoisotopic (exact) mass is 320 g/mol. The van der Waals surface area contributed by atoms with Crippen molar-refractivity contribution in [2.24, 2.45) is 0 Å². The van der Waals surface area contributed by atoms with E-state index < -0.39 is 0 Å². The largest absolute Gasteiger partial charge is 0.371 e. The molecule has 4 heteroatoms. The normalized spacial score (nSPS) is 25.3. The average molecular weight is 320 g/mol. The van der Waals surface area contributed by atoms with Gasteiger partial charge in [-0.2, -0.15) is 0 Å². The molecular weight excluding hydrogens is 292 g/mol. The summed E-state index contributed by atoms with van der Waals surface area (Å²) in [6, 6.07) is 10.1. The Morgan fingerprint density at radius 2 is 1.96 bits per heavy atom. The molecule has 1 aromatic rings. The molecule has 1 aliphatic heterocycles. The van der Waals surface area contributed by atoms with Gasteiger partial charge in [-0.15, -0.1) is 0 Å². The number of ether oxygens (including phenoxy) is 3. The molecule has 0 aliphatic carbocycles. The SMILES string of the molecule is CC(C)(C)O[C@@H]1CC[C@@H](OCc2ccccc2)[C@@H](CCC=O)O1. The first kappa shape index (κ1) is 18.1. The van der Waals surface area contributed by atoms with Crippen molar-refractivity contribution < 1.29 is 19.0 Å². The third-order valence-corrected chi connectivity index (χ3v) is 3.79. The van der Waals surface area contributed by atoms with E-state index in [0.29, 0.717) is 19.4 Å². The number of hydrogen-bond acceptors (Lipinski definition) is 4. The van der Waals surface area contributed by atoms with Crippen molar-refractivity contribution in [3.8, 4) is 0 Å². The number of aldehydes is 1. The second-order valence-electron chi connectivity index (χ2n) is 6.99. The van der Waals surface area contributed by atoms with Crippen molar-refractivity contribution in [2.75, 3.05) is 0 Å². The Balaban J connectivity index is 1.91. The minimum absolute atomic E-state index is 0.00924. The molecule has 0 saturated carbocycles. The smallest absolute Gasteiger partial charge is 0.158 e. The van der Waals surface area contributed by atoms with Crippen LogP contribution in [-0.2, 0) is 25.6 Å². The quantitative estimate of drug-likeness (QED) is 0.715. The topological polar surface area (TPSA) is 44.8 Å². The van der Waals surface area contributed by atoms with Crippen LogP contribution >= 0.6 is 0 Å². The van der Waals surface area contributed by atoms with E-state index in [1.165, 1.54) is 0 Å². The molecule has 0 spiro atoms. The Labute approximate surface area is 139 Å². The van der Waals surface area contributed by atoms with E-state index in [2.05, 4.69) is 12.1 Å². The van der Waals surface area contributed by atoms with Crippen LogP contribution in [0.2, 0.25) is 0 Å². The minimum Gasteiger partial charge on any atom is -0.371 e. The van der Waals surface area contributed by atoms with Crippen LogP contribution in [0.4, 0.5) is 0 Å². The Hall–Kier alpha value is -1.23. The van der Waals surface area contributed by atoms with E-state index in [1.807, 2.05) is 39.0 Å². The van der Waals surface area contributed by atoms with Gasteiger partial charge in [0, 0.05) is 12.8 Å². The molecule has 1 aromatic carbocycles. The fourth-order valence-electron chi connectivity index (χ4n) is 2.77. The molecule has 1 aliphatic rings. The molecule has 4 nitrogen and oxygen atoms in total. The number of carbonyl (C=O) groups is 1. The zero-order valence-corrected chi connectivity index (χ0v) is 14.4. The van der Waals surface area contributed by atoms with E-state index in [9.17, 15) is 4.79 Å². The highest BCUT2D eigenvalue weighted by atomic mass is 16.7. The zero-order chi connectivity index (χ0) is 16.7. The van der Waals surface area contributed by atoms with Crippen LogP contribution < -0.4 is 0 Å².